The van der Waals surface area contributed by atoms with Crippen LogP contribution in [0.3, 0.4) is 0 Å². The molecule has 5 rings (SSSR count). The van der Waals surface area contributed by atoms with Gasteiger partial charge in [0, 0.05) is 0 Å². The molecule has 0 saturated heterocycles. The molecule has 1 aliphatic carbocycles. The molecule has 0 radical (unpaired) electrons. The van der Waals surface area contributed by atoms with Gasteiger partial charge in [0.05, 0.1) is 11.5 Å². The molecule has 1 heteroatoms. The fraction of sp³-hybridized carbons (Fsp3) is 0.0938. The van der Waals surface area contributed by atoms with Gasteiger partial charge in [-0.2, -0.15) is 5.26 Å². The Hall–Kier alpha value is -4.15. The maximum Gasteiger partial charge on any atom is 0.0846 e. The number of nitrogens with zero attached hydrogens (tertiary/aromatic N) is 1. The second-order valence-electron chi connectivity index (χ2n) is 8.69. The van der Waals surface area contributed by atoms with E-state index in [4.69, 9.17) is 0 Å². The van der Waals surface area contributed by atoms with Crippen molar-refractivity contribution in [2.24, 2.45) is 5.41 Å². The van der Waals surface area contributed by atoms with E-state index in [2.05, 4.69) is 116 Å². The van der Waals surface area contributed by atoms with Gasteiger partial charge in [-0.15, -0.1) is 0 Å². The number of rotatable bonds is 4. The highest BCUT2D eigenvalue weighted by atomic mass is 14.4. The molecule has 0 amide bonds. The van der Waals surface area contributed by atoms with Crippen molar-refractivity contribution in [3.63, 3.8) is 0 Å². The van der Waals surface area contributed by atoms with Crippen molar-refractivity contribution < 1.29 is 0 Å². The van der Waals surface area contributed by atoms with E-state index in [0.29, 0.717) is 6.42 Å². The highest BCUT2D eigenvalue weighted by Crippen LogP contribution is 2.56. The number of hydrogen-bond acceptors (Lipinski definition) is 1. The summed E-state index contributed by atoms with van der Waals surface area (Å²) in [5.41, 5.74) is 8.55. The lowest BCUT2D eigenvalue weighted by Gasteiger charge is -2.37. The first-order valence-electron chi connectivity index (χ1n) is 11.3. The molecule has 1 aliphatic rings. The van der Waals surface area contributed by atoms with Gasteiger partial charge in [0.25, 0.3) is 0 Å². The van der Waals surface area contributed by atoms with Crippen molar-refractivity contribution in [2.45, 2.75) is 13.3 Å². The quantitative estimate of drug-likeness (QED) is 0.325. The van der Waals surface area contributed by atoms with E-state index in [0.717, 1.165) is 22.3 Å². The Kier molecular flexibility index (Phi) is 5.51. The van der Waals surface area contributed by atoms with Gasteiger partial charge in [-0.25, -0.2) is 0 Å². The predicted octanol–water partition coefficient (Wildman–Crippen LogP) is 8.14. The second-order valence-corrected chi connectivity index (χ2v) is 8.69. The lowest BCUT2D eigenvalue weighted by Crippen LogP contribution is -2.23. The number of hydrogen-bond donors (Lipinski definition) is 0. The third-order valence-electron chi connectivity index (χ3n) is 6.44. The first kappa shape index (κ1) is 20.7. The second kappa shape index (κ2) is 8.77. The van der Waals surface area contributed by atoms with Crippen molar-refractivity contribution in [2.75, 3.05) is 0 Å². The highest BCUT2D eigenvalue weighted by molar-refractivity contribution is 6.24. The molecule has 0 spiro atoms. The van der Waals surface area contributed by atoms with E-state index < -0.39 is 5.41 Å². The van der Waals surface area contributed by atoms with Crippen LogP contribution < -0.4 is 0 Å². The molecule has 4 aromatic carbocycles. The van der Waals surface area contributed by atoms with E-state index in [-0.39, 0.29) is 0 Å². The average molecular weight is 424 g/mol. The van der Waals surface area contributed by atoms with Crippen LogP contribution in [0.2, 0.25) is 0 Å². The van der Waals surface area contributed by atoms with Crippen LogP contribution in [-0.2, 0) is 0 Å². The van der Waals surface area contributed by atoms with Gasteiger partial charge in [-0.1, -0.05) is 121 Å². The maximum absolute atomic E-state index is 10.6. The van der Waals surface area contributed by atoms with Crippen molar-refractivity contribution in [3.05, 3.63) is 144 Å². The standard InChI is InChI=1S/C32H25N/c1-32(23-33)22-28(24-14-6-2-7-15-24)29(25-16-8-3-9-17-25)30(26-18-10-4-11-19-26)31(32)27-20-12-5-13-21-27/h2-21H,22H2,1H3. The molecule has 0 fully saturated rings. The predicted molar refractivity (Wildman–Crippen MR) is 138 cm³/mol. The van der Waals surface area contributed by atoms with Crippen LogP contribution in [0.25, 0.3) is 22.3 Å². The summed E-state index contributed by atoms with van der Waals surface area (Å²) in [6.07, 6.45) is 0.651. The monoisotopic (exact) mass is 423 g/mol. The van der Waals surface area contributed by atoms with Gasteiger partial charge in [-0.05, 0) is 57.9 Å². The summed E-state index contributed by atoms with van der Waals surface area (Å²) in [5, 5.41) is 10.6. The van der Waals surface area contributed by atoms with Crippen LogP contribution in [0.5, 0.6) is 0 Å². The molecular formula is C32H25N. The normalized spacial score (nSPS) is 18.2. The van der Waals surface area contributed by atoms with E-state index >= 15 is 0 Å². The molecule has 0 heterocycles. The molecule has 0 bridgehead atoms. The fourth-order valence-corrected chi connectivity index (χ4v) is 4.95. The molecule has 158 valence electrons. The summed E-state index contributed by atoms with van der Waals surface area (Å²) in [7, 11) is 0. The third-order valence-corrected chi connectivity index (χ3v) is 6.44. The maximum atomic E-state index is 10.6. The molecule has 0 saturated carbocycles. The minimum Gasteiger partial charge on any atom is -0.197 e. The fourth-order valence-electron chi connectivity index (χ4n) is 4.95. The third kappa shape index (κ3) is 3.81. The van der Waals surface area contributed by atoms with E-state index in [1.807, 2.05) is 18.2 Å². The average Bonchev–Trinajstić information content (AvgIpc) is 2.90. The molecule has 4 aromatic rings. The summed E-state index contributed by atoms with van der Waals surface area (Å²) in [6.45, 7) is 2.09. The van der Waals surface area contributed by atoms with Crippen molar-refractivity contribution in [3.8, 4) is 6.07 Å². The van der Waals surface area contributed by atoms with Crippen LogP contribution in [-0.4, -0.2) is 0 Å². The minimum atomic E-state index is -0.671. The first-order chi connectivity index (χ1) is 16.2. The van der Waals surface area contributed by atoms with E-state index in [1.165, 1.54) is 22.3 Å². The van der Waals surface area contributed by atoms with E-state index in [1.54, 1.807) is 0 Å². The summed E-state index contributed by atoms with van der Waals surface area (Å²) in [5.74, 6) is 0. The summed E-state index contributed by atoms with van der Waals surface area (Å²) >= 11 is 0. The molecule has 1 unspecified atom stereocenters. The Morgan fingerprint density at radius 3 is 1.39 bits per heavy atom. The molecule has 1 nitrogen and oxygen atoms in total. The summed E-state index contributed by atoms with van der Waals surface area (Å²) < 4.78 is 0. The van der Waals surface area contributed by atoms with Crippen molar-refractivity contribution in [1.29, 1.82) is 5.26 Å². The Labute approximate surface area is 196 Å². The van der Waals surface area contributed by atoms with Gasteiger partial charge in [0.15, 0.2) is 0 Å². The van der Waals surface area contributed by atoms with Gasteiger partial charge >= 0.3 is 0 Å². The van der Waals surface area contributed by atoms with Crippen LogP contribution in [0.1, 0.15) is 35.6 Å². The van der Waals surface area contributed by atoms with Crippen molar-refractivity contribution >= 4 is 22.3 Å². The zero-order valence-corrected chi connectivity index (χ0v) is 18.7. The Balaban J connectivity index is 1.96. The summed E-state index contributed by atoms with van der Waals surface area (Å²) in [6, 6.07) is 44.7. The molecule has 0 N–H and O–H groups in total. The van der Waals surface area contributed by atoms with Crippen LogP contribution in [0.4, 0.5) is 0 Å². The number of nitriles is 1. The largest absolute Gasteiger partial charge is 0.197 e. The minimum absolute atomic E-state index is 0.651. The lowest BCUT2D eigenvalue weighted by atomic mass is 9.64. The van der Waals surface area contributed by atoms with Gasteiger partial charge in [0.1, 0.15) is 0 Å². The lowest BCUT2D eigenvalue weighted by molar-refractivity contribution is 0.608. The van der Waals surface area contributed by atoms with E-state index in [9.17, 15) is 5.26 Å². The topological polar surface area (TPSA) is 23.8 Å². The van der Waals surface area contributed by atoms with Gasteiger partial charge in [-0.3, -0.25) is 0 Å². The Morgan fingerprint density at radius 1 is 0.545 bits per heavy atom. The molecule has 1 atom stereocenters. The van der Waals surface area contributed by atoms with Crippen LogP contribution >= 0.6 is 0 Å². The molecule has 0 aromatic heterocycles. The zero-order valence-electron chi connectivity index (χ0n) is 18.7. The van der Waals surface area contributed by atoms with Gasteiger partial charge in [0.2, 0.25) is 0 Å². The first-order valence-corrected chi connectivity index (χ1v) is 11.3. The highest BCUT2D eigenvalue weighted by Gasteiger charge is 2.40. The zero-order chi connectivity index (χ0) is 22.7. The summed E-state index contributed by atoms with van der Waals surface area (Å²) in [4.78, 5) is 0. The molecular weight excluding hydrogens is 398 g/mol. The van der Waals surface area contributed by atoms with Crippen molar-refractivity contribution in [1.82, 2.24) is 0 Å². The number of allylic oxidation sites excluding steroid dienone is 4. The molecule has 0 aliphatic heterocycles. The smallest absolute Gasteiger partial charge is 0.0846 e. The van der Waals surface area contributed by atoms with Crippen LogP contribution in [0, 0.1) is 16.7 Å². The molecule has 33 heavy (non-hydrogen) atoms. The van der Waals surface area contributed by atoms with Gasteiger partial charge < -0.3 is 0 Å². The Bertz CT molecular complexity index is 1360. The Morgan fingerprint density at radius 2 is 0.939 bits per heavy atom. The SMILES string of the molecule is CC1(C#N)CC(c2ccccc2)=C(c2ccccc2)C(c2ccccc2)=C1c1ccccc1. The number of benzene rings is 4. The van der Waals surface area contributed by atoms with Crippen LogP contribution in [0.15, 0.2) is 121 Å².